The van der Waals surface area contributed by atoms with Gasteiger partial charge in [-0.3, -0.25) is 0 Å². The van der Waals surface area contributed by atoms with Gasteiger partial charge in [0.2, 0.25) is 11.9 Å². The van der Waals surface area contributed by atoms with Crippen molar-refractivity contribution in [1.82, 2.24) is 24.7 Å². The summed E-state index contributed by atoms with van der Waals surface area (Å²) in [5, 5.41) is 4.14. The lowest BCUT2D eigenvalue weighted by atomic mass is 9.93. The van der Waals surface area contributed by atoms with Crippen LogP contribution in [0.1, 0.15) is 46.4 Å². The molecule has 0 bridgehead atoms. The molecule has 8 nitrogen and oxygen atoms in total. The summed E-state index contributed by atoms with van der Waals surface area (Å²) in [5.74, 6) is 1.93. The fourth-order valence-electron chi connectivity index (χ4n) is 7.26. The molecule has 0 aliphatic carbocycles. The smallest absolute Gasteiger partial charge is 0.260 e. The molecule has 228 valence electrons. The van der Waals surface area contributed by atoms with Crippen LogP contribution in [0, 0.1) is 0 Å². The van der Waals surface area contributed by atoms with E-state index in [0.29, 0.717) is 0 Å². The van der Waals surface area contributed by atoms with Crippen molar-refractivity contribution in [3.8, 4) is 0 Å². The van der Waals surface area contributed by atoms with Crippen LogP contribution in [0.4, 0.5) is 0 Å². The van der Waals surface area contributed by atoms with E-state index >= 15 is 0 Å². The van der Waals surface area contributed by atoms with Gasteiger partial charge in [0.05, 0.1) is 18.1 Å². The third-order valence-electron chi connectivity index (χ3n) is 9.47. The van der Waals surface area contributed by atoms with E-state index in [2.05, 4.69) is 160 Å². The summed E-state index contributed by atoms with van der Waals surface area (Å²) in [7, 11) is 1.35. The zero-order valence-corrected chi connectivity index (χ0v) is 26.7. The van der Waals surface area contributed by atoms with Gasteiger partial charge in [-0.25, -0.2) is 9.83 Å². The van der Waals surface area contributed by atoms with Crippen molar-refractivity contribution < 1.29 is 0 Å². The Kier molecular flexibility index (Phi) is 7.19. The average Bonchev–Trinajstić information content (AvgIpc) is 3.52. The summed E-state index contributed by atoms with van der Waals surface area (Å²) in [6.45, 7) is 3.57. The molecule has 1 N–H and O–H groups in total. The molecular formula is C36H39N8P. The molecule has 2 saturated heterocycles. The monoisotopic (exact) mass is 614 g/mol. The largest absolute Gasteiger partial charge is 0.344 e. The van der Waals surface area contributed by atoms with Gasteiger partial charge in [0.15, 0.2) is 0 Å². The zero-order chi connectivity index (χ0) is 30.4. The Bertz CT molecular complexity index is 1760. The van der Waals surface area contributed by atoms with Crippen molar-refractivity contribution in [2.75, 3.05) is 40.3 Å². The van der Waals surface area contributed by atoms with Gasteiger partial charge < -0.3 is 19.6 Å². The first kappa shape index (κ1) is 28.1. The highest BCUT2D eigenvalue weighted by molar-refractivity contribution is 7.62. The highest BCUT2D eigenvalue weighted by Gasteiger charge is 2.47. The number of likely N-dealkylation sites (N-methyl/N-ethyl adjacent to an activating group) is 2. The van der Waals surface area contributed by atoms with Crippen molar-refractivity contribution in [2.24, 2.45) is 14.3 Å². The molecule has 1 unspecified atom stereocenters. The number of fused-ring (bicyclic) bond motifs is 2. The van der Waals surface area contributed by atoms with Crippen LogP contribution in [-0.2, 0) is 0 Å². The lowest BCUT2D eigenvalue weighted by molar-refractivity contribution is 0.291. The van der Waals surface area contributed by atoms with Crippen LogP contribution in [-0.4, -0.2) is 71.8 Å². The first-order chi connectivity index (χ1) is 22.1. The molecule has 0 saturated carbocycles. The minimum absolute atomic E-state index is 0.0144. The van der Waals surface area contributed by atoms with Crippen molar-refractivity contribution in [3.05, 3.63) is 144 Å². The van der Waals surface area contributed by atoms with Crippen LogP contribution in [0.25, 0.3) is 0 Å². The molecule has 5 atom stereocenters. The Morgan fingerprint density at radius 2 is 0.956 bits per heavy atom. The Morgan fingerprint density at radius 3 is 1.47 bits per heavy atom. The average molecular weight is 615 g/mol. The van der Waals surface area contributed by atoms with Crippen LogP contribution < -0.4 is 5.09 Å². The summed E-state index contributed by atoms with van der Waals surface area (Å²) in [6.07, 6.45) is 0. The second-order valence-corrected chi connectivity index (χ2v) is 14.3. The number of nitrogens with zero attached hydrogens (tertiary/aromatic N) is 7. The van der Waals surface area contributed by atoms with Crippen LogP contribution in [0.15, 0.2) is 136 Å². The highest BCUT2D eigenvalue weighted by Crippen LogP contribution is 2.61. The van der Waals surface area contributed by atoms with Crippen LogP contribution in [0.2, 0.25) is 0 Å². The SMILES string of the molecule is CN1CCN2C1=NP1(=N[C@@H](c3ccccc3)[C@@H]2c2ccccc2)N=C2N(C)CCN2[C@@H](c2ccccc2)[C@H](c2ccccc2)N1. The van der Waals surface area contributed by atoms with E-state index in [1.165, 1.54) is 22.3 Å². The molecule has 4 aromatic rings. The normalized spacial score (nSPS) is 27.7. The molecule has 0 amide bonds. The van der Waals surface area contributed by atoms with Crippen molar-refractivity contribution >= 4 is 19.4 Å². The molecule has 9 heteroatoms. The van der Waals surface area contributed by atoms with Crippen LogP contribution in [0.3, 0.4) is 0 Å². The third kappa shape index (κ3) is 5.02. The lowest BCUT2D eigenvalue weighted by Gasteiger charge is -2.35. The molecule has 2 fully saturated rings. The third-order valence-corrected chi connectivity index (χ3v) is 11.6. The first-order valence-corrected chi connectivity index (χ1v) is 17.5. The molecule has 4 heterocycles. The van der Waals surface area contributed by atoms with E-state index in [1.54, 1.807) is 0 Å². The van der Waals surface area contributed by atoms with Crippen molar-refractivity contribution in [1.29, 1.82) is 0 Å². The van der Waals surface area contributed by atoms with Gasteiger partial charge in [-0.1, -0.05) is 121 Å². The predicted molar refractivity (Wildman–Crippen MR) is 183 cm³/mol. The predicted octanol–water partition coefficient (Wildman–Crippen LogP) is 6.72. The highest BCUT2D eigenvalue weighted by atomic mass is 31.2. The second-order valence-electron chi connectivity index (χ2n) is 12.3. The number of rotatable bonds is 4. The van der Waals surface area contributed by atoms with Gasteiger partial charge in [-0.05, 0) is 22.3 Å². The number of hydrogen-bond acceptors (Lipinski definition) is 8. The number of nitrogens with one attached hydrogen (secondary N) is 1. The summed E-state index contributed by atoms with van der Waals surface area (Å²) in [5.41, 5.74) is 4.88. The van der Waals surface area contributed by atoms with E-state index in [0.717, 1.165) is 38.1 Å². The fourth-order valence-corrected chi connectivity index (χ4v) is 9.89. The second kappa shape index (κ2) is 11.5. The van der Waals surface area contributed by atoms with Crippen LogP contribution >= 0.6 is 7.51 Å². The molecule has 4 aliphatic rings. The van der Waals surface area contributed by atoms with E-state index in [9.17, 15) is 0 Å². The minimum atomic E-state index is -2.96. The maximum Gasteiger partial charge on any atom is 0.260 e. The van der Waals surface area contributed by atoms with E-state index in [1.807, 2.05) is 0 Å². The molecule has 4 aliphatic heterocycles. The summed E-state index contributed by atoms with van der Waals surface area (Å²) in [4.78, 5) is 9.53. The number of hydrogen-bond donors (Lipinski definition) is 1. The fraction of sp³-hybridized carbons (Fsp3) is 0.278. The summed E-state index contributed by atoms with van der Waals surface area (Å²) in [6, 6.07) is 43.0. The molecule has 0 aromatic heterocycles. The molecule has 4 aromatic carbocycles. The quantitative estimate of drug-likeness (QED) is 0.259. The summed E-state index contributed by atoms with van der Waals surface area (Å²) >= 11 is 0. The topological polar surface area (TPSA) is 62.1 Å². The van der Waals surface area contributed by atoms with Crippen molar-refractivity contribution in [2.45, 2.75) is 24.2 Å². The van der Waals surface area contributed by atoms with Crippen molar-refractivity contribution in [3.63, 3.8) is 0 Å². The van der Waals surface area contributed by atoms with Crippen LogP contribution in [0.5, 0.6) is 0 Å². The van der Waals surface area contributed by atoms with Gasteiger partial charge in [-0.2, -0.15) is 9.53 Å². The van der Waals surface area contributed by atoms with E-state index in [4.69, 9.17) is 14.3 Å². The standard InChI is InChI=1S/C36H39N8P/c1-41-23-25-43-33(29-19-11-5-12-20-29)31(27-15-7-3-8-16-27)37-45(39-35(41)43)38-32(28-17-9-4-10-18-28)34(30-21-13-6-14-22-30)44-26-24-42(2)36(44)40-45/h3-22,31-34,37H,23-26H2,1-2H3/t31-,32-,33-,34-,45?/m0/s1. The molecule has 0 radical (unpaired) electrons. The zero-order valence-electron chi connectivity index (χ0n) is 25.8. The van der Waals surface area contributed by atoms with E-state index in [-0.39, 0.29) is 24.2 Å². The maximum atomic E-state index is 5.87. The molecule has 1 spiro atoms. The van der Waals surface area contributed by atoms with Gasteiger partial charge >= 0.3 is 0 Å². The summed E-state index contributed by atoms with van der Waals surface area (Å²) < 4.78 is 17.2. The minimum Gasteiger partial charge on any atom is -0.344 e. The Balaban J connectivity index is 1.41. The van der Waals surface area contributed by atoms with Gasteiger partial charge in [0.25, 0.3) is 7.51 Å². The van der Waals surface area contributed by atoms with Gasteiger partial charge in [0, 0.05) is 40.3 Å². The molecule has 45 heavy (non-hydrogen) atoms. The Morgan fingerprint density at radius 1 is 0.533 bits per heavy atom. The first-order valence-electron chi connectivity index (χ1n) is 15.9. The Hall–Kier alpha value is -4.39. The maximum absolute atomic E-state index is 5.87. The van der Waals surface area contributed by atoms with Gasteiger partial charge in [0.1, 0.15) is 6.04 Å². The van der Waals surface area contributed by atoms with Gasteiger partial charge in [-0.15, -0.1) is 0 Å². The number of guanidine groups is 2. The number of benzene rings is 4. The lowest BCUT2D eigenvalue weighted by Crippen LogP contribution is -2.38. The Labute approximate surface area is 265 Å². The molecular weight excluding hydrogens is 575 g/mol. The van der Waals surface area contributed by atoms with E-state index < -0.39 is 7.51 Å². The molecule has 8 rings (SSSR count).